The fraction of sp³-hybridized carbons (Fsp3) is 0.385. The van der Waals surface area contributed by atoms with Gasteiger partial charge in [0.25, 0.3) is 5.91 Å². The van der Waals surface area contributed by atoms with Crippen molar-refractivity contribution >= 4 is 17.5 Å². The van der Waals surface area contributed by atoms with E-state index in [1.165, 1.54) is 0 Å². The second-order valence-electron chi connectivity index (χ2n) is 4.62. The van der Waals surface area contributed by atoms with Gasteiger partial charge < -0.3 is 10.6 Å². The molecule has 1 aromatic rings. The molecule has 0 fully saturated rings. The molecule has 0 aromatic heterocycles. The maximum absolute atomic E-state index is 13.1. The number of carbonyl (C=O) groups is 2. The molecule has 0 radical (unpaired) electrons. The Morgan fingerprint density at radius 3 is 2.48 bits per heavy atom. The Kier molecular flexibility index (Phi) is 5.77. The van der Waals surface area contributed by atoms with E-state index in [-0.39, 0.29) is 30.5 Å². The highest BCUT2D eigenvalue weighted by molar-refractivity contribution is 5.94. The Balaban J connectivity index is 2.55. The standard InChI is InChI=1S/C13H16FN3O4/c1-8(2)12(18)15-5-6-16-13(19)9-3-4-10(14)11(7-9)17(20)21/h3-4,7-8H,5-6H2,1-2H3,(H,15,18)(H,16,19). The highest BCUT2D eigenvalue weighted by atomic mass is 19.1. The van der Waals surface area contributed by atoms with E-state index >= 15 is 0 Å². The zero-order valence-electron chi connectivity index (χ0n) is 11.7. The summed E-state index contributed by atoms with van der Waals surface area (Å²) in [5, 5.41) is 15.7. The molecular formula is C13H16FN3O4. The third kappa shape index (κ3) is 4.83. The van der Waals surface area contributed by atoms with Crippen molar-refractivity contribution in [3.05, 3.63) is 39.7 Å². The molecule has 0 saturated carbocycles. The molecule has 1 rings (SSSR count). The van der Waals surface area contributed by atoms with Crippen LogP contribution >= 0.6 is 0 Å². The Bertz CT molecular complexity index is 560. The third-order valence-electron chi connectivity index (χ3n) is 2.64. The molecule has 114 valence electrons. The number of nitrogens with one attached hydrogen (secondary N) is 2. The number of carbonyl (C=O) groups excluding carboxylic acids is 2. The lowest BCUT2D eigenvalue weighted by Crippen LogP contribution is -2.36. The Labute approximate surface area is 120 Å². The van der Waals surface area contributed by atoms with Gasteiger partial charge in [0.15, 0.2) is 0 Å². The Morgan fingerprint density at radius 1 is 1.29 bits per heavy atom. The van der Waals surface area contributed by atoms with Crippen LogP contribution in [-0.4, -0.2) is 29.8 Å². The summed E-state index contributed by atoms with van der Waals surface area (Å²) in [5.74, 6) is -1.86. The van der Waals surface area contributed by atoms with Crippen LogP contribution in [0, 0.1) is 21.8 Å². The summed E-state index contributed by atoms with van der Waals surface area (Å²) in [6, 6.07) is 2.90. The van der Waals surface area contributed by atoms with E-state index in [2.05, 4.69) is 10.6 Å². The van der Waals surface area contributed by atoms with Crippen molar-refractivity contribution in [2.75, 3.05) is 13.1 Å². The molecule has 0 aliphatic heterocycles. The Hall–Kier alpha value is -2.51. The van der Waals surface area contributed by atoms with Crippen molar-refractivity contribution < 1.29 is 18.9 Å². The van der Waals surface area contributed by atoms with Gasteiger partial charge in [-0.1, -0.05) is 13.8 Å². The second kappa shape index (κ2) is 7.32. The fourth-order valence-corrected chi connectivity index (χ4v) is 1.46. The number of nitro groups is 1. The monoisotopic (exact) mass is 297 g/mol. The van der Waals surface area contributed by atoms with E-state index in [9.17, 15) is 24.1 Å². The summed E-state index contributed by atoms with van der Waals surface area (Å²) < 4.78 is 13.1. The van der Waals surface area contributed by atoms with Crippen molar-refractivity contribution in [1.29, 1.82) is 0 Å². The normalized spacial score (nSPS) is 10.3. The topological polar surface area (TPSA) is 101 Å². The molecule has 0 aliphatic carbocycles. The van der Waals surface area contributed by atoms with Crippen molar-refractivity contribution in [2.24, 2.45) is 5.92 Å². The molecule has 0 atom stereocenters. The van der Waals surface area contributed by atoms with E-state index in [1.54, 1.807) is 13.8 Å². The van der Waals surface area contributed by atoms with Gasteiger partial charge in [-0.25, -0.2) is 0 Å². The van der Waals surface area contributed by atoms with Gasteiger partial charge in [0.1, 0.15) is 0 Å². The number of amides is 2. The largest absolute Gasteiger partial charge is 0.354 e. The molecule has 0 saturated heterocycles. The van der Waals surface area contributed by atoms with E-state index < -0.39 is 22.3 Å². The van der Waals surface area contributed by atoms with E-state index in [0.717, 1.165) is 18.2 Å². The summed E-state index contributed by atoms with van der Waals surface area (Å²) >= 11 is 0. The molecule has 2 N–H and O–H groups in total. The van der Waals surface area contributed by atoms with E-state index in [1.807, 2.05) is 0 Å². The summed E-state index contributed by atoms with van der Waals surface area (Å²) in [7, 11) is 0. The smallest absolute Gasteiger partial charge is 0.305 e. The summed E-state index contributed by atoms with van der Waals surface area (Å²) in [5.41, 5.74) is -0.769. The molecule has 0 spiro atoms. The average Bonchev–Trinajstić information content (AvgIpc) is 2.43. The van der Waals surface area contributed by atoms with Crippen molar-refractivity contribution in [3.63, 3.8) is 0 Å². The molecule has 7 nitrogen and oxygen atoms in total. The molecule has 0 heterocycles. The molecule has 0 bridgehead atoms. The summed E-state index contributed by atoms with van der Waals surface area (Å²) in [6.07, 6.45) is 0. The first-order valence-corrected chi connectivity index (χ1v) is 6.32. The van der Waals surface area contributed by atoms with Gasteiger partial charge in [-0.05, 0) is 12.1 Å². The number of nitro benzene ring substituents is 1. The highest BCUT2D eigenvalue weighted by Crippen LogP contribution is 2.18. The molecule has 2 amide bonds. The molecule has 8 heteroatoms. The first-order chi connectivity index (χ1) is 9.82. The minimum Gasteiger partial charge on any atom is -0.354 e. The number of hydrogen-bond acceptors (Lipinski definition) is 4. The summed E-state index contributed by atoms with van der Waals surface area (Å²) in [6.45, 7) is 3.89. The first kappa shape index (κ1) is 16.5. The minimum atomic E-state index is -0.999. The number of hydrogen-bond donors (Lipinski definition) is 2. The SMILES string of the molecule is CC(C)C(=O)NCCNC(=O)c1ccc(F)c([N+](=O)[O-])c1. The van der Waals surface area contributed by atoms with Crippen LogP contribution in [0.3, 0.4) is 0 Å². The van der Waals surface area contributed by atoms with Gasteiger partial charge in [0.05, 0.1) is 4.92 Å². The number of nitrogens with zero attached hydrogens (tertiary/aromatic N) is 1. The quantitative estimate of drug-likeness (QED) is 0.468. The Morgan fingerprint density at radius 2 is 1.90 bits per heavy atom. The van der Waals surface area contributed by atoms with Crippen molar-refractivity contribution in [1.82, 2.24) is 10.6 Å². The third-order valence-corrected chi connectivity index (χ3v) is 2.64. The molecular weight excluding hydrogens is 281 g/mol. The van der Waals surface area contributed by atoms with Gasteiger partial charge in [-0.3, -0.25) is 19.7 Å². The zero-order valence-corrected chi connectivity index (χ0v) is 11.7. The van der Waals surface area contributed by atoms with Crippen LogP contribution < -0.4 is 10.6 Å². The number of halogens is 1. The van der Waals surface area contributed by atoms with Gasteiger partial charge in [0, 0.05) is 30.6 Å². The first-order valence-electron chi connectivity index (χ1n) is 6.32. The molecule has 1 aromatic carbocycles. The van der Waals surface area contributed by atoms with E-state index in [0.29, 0.717) is 0 Å². The van der Waals surface area contributed by atoms with Gasteiger partial charge in [0.2, 0.25) is 11.7 Å². The maximum atomic E-state index is 13.1. The van der Waals surface area contributed by atoms with Crippen LogP contribution in [0.4, 0.5) is 10.1 Å². The number of rotatable bonds is 6. The van der Waals surface area contributed by atoms with Crippen molar-refractivity contribution in [3.8, 4) is 0 Å². The lowest BCUT2D eigenvalue weighted by molar-refractivity contribution is -0.387. The average molecular weight is 297 g/mol. The van der Waals surface area contributed by atoms with Crippen molar-refractivity contribution in [2.45, 2.75) is 13.8 Å². The zero-order chi connectivity index (χ0) is 16.0. The molecule has 0 unspecified atom stereocenters. The van der Waals surface area contributed by atoms with Crippen LogP contribution in [0.25, 0.3) is 0 Å². The van der Waals surface area contributed by atoms with Gasteiger partial charge >= 0.3 is 5.69 Å². The van der Waals surface area contributed by atoms with Gasteiger partial charge in [-0.2, -0.15) is 4.39 Å². The second-order valence-corrected chi connectivity index (χ2v) is 4.62. The van der Waals surface area contributed by atoms with Gasteiger partial charge in [-0.15, -0.1) is 0 Å². The minimum absolute atomic E-state index is 0.0155. The van der Waals surface area contributed by atoms with Crippen LogP contribution in [0.5, 0.6) is 0 Å². The fourth-order valence-electron chi connectivity index (χ4n) is 1.46. The van der Waals surface area contributed by atoms with E-state index in [4.69, 9.17) is 0 Å². The lowest BCUT2D eigenvalue weighted by Gasteiger charge is -2.08. The van der Waals surface area contributed by atoms with Crippen LogP contribution in [0.15, 0.2) is 18.2 Å². The lowest BCUT2D eigenvalue weighted by atomic mass is 10.2. The molecule has 21 heavy (non-hydrogen) atoms. The maximum Gasteiger partial charge on any atom is 0.305 e. The predicted molar refractivity (Wildman–Crippen MR) is 73.2 cm³/mol. The molecule has 0 aliphatic rings. The van der Waals surface area contributed by atoms with Crippen LogP contribution in [-0.2, 0) is 4.79 Å². The van der Waals surface area contributed by atoms with Crippen LogP contribution in [0.1, 0.15) is 24.2 Å². The summed E-state index contributed by atoms with van der Waals surface area (Å²) in [4.78, 5) is 32.7. The highest BCUT2D eigenvalue weighted by Gasteiger charge is 2.17. The van der Waals surface area contributed by atoms with Crippen LogP contribution in [0.2, 0.25) is 0 Å². The predicted octanol–water partition coefficient (Wildman–Crippen LogP) is 1.24. The number of benzene rings is 1.